The van der Waals surface area contributed by atoms with Crippen LogP contribution in [0.5, 0.6) is 0 Å². The van der Waals surface area contributed by atoms with Gasteiger partial charge in [0.15, 0.2) is 0 Å². The number of hydrogen-bond acceptors (Lipinski definition) is 4. The largest absolute Gasteiger partial charge is 0.381 e. The maximum atomic E-state index is 11.2. The second kappa shape index (κ2) is 5.35. The van der Waals surface area contributed by atoms with Crippen molar-refractivity contribution in [1.82, 2.24) is 4.90 Å². The minimum Gasteiger partial charge on any atom is -0.381 e. The molecule has 2 aliphatic heterocycles. The lowest BCUT2D eigenvalue weighted by atomic mass is 9.99. The zero-order valence-electron chi connectivity index (χ0n) is 11.5. The van der Waals surface area contributed by atoms with Gasteiger partial charge in [-0.3, -0.25) is 4.90 Å². The fourth-order valence-corrected chi connectivity index (χ4v) is 3.89. The molecule has 20 heavy (non-hydrogen) atoms. The molecule has 2 heterocycles. The molecule has 0 aliphatic carbocycles. The summed E-state index contributed by atoms with van der Waals surface area (Å²) < 4.78 is 22.5. The van der Waals surface area contributed by atoms with E-state index in [0.29, 0.717) is 12.1 Å². The minimum atomic E-state index is -3.60. The van der Waals surface area contributed by atoms with Gasteiger partial charge >= 0.3 is 0 Å². The van der Waals surface area contributed by atoms with Gasteiger partial charge in [-0.2, -0.15) is 0 Å². The Hall–Kier alpha value is -1.11. The summed E-state index contributed by atoms with van der Waals surface area (Å²) in [5, 5.41) is 8.64. The fraction of sp³-hybridized carbons (Fsp3) is 0.571. The predicted octanol–water partition coefficient (Wildman–Crippen LogP) is 1.37. The molecule has 1 aromatic carbocycles. The topological polar surface area (TPSA) is 75.4 Å². The highest BCUT2D eigenvalue weighted by molar-refractivity contribution is 7.89. The van der Waals surface area contributed by atoms with Crippen LogP contribution in [0.3, 0.4) is 0 Å². The van der Waals surface area contributed by atoms with Crippen LogP contribution >= 0.6 is 0 Å². The van der Waals surface area contributed by atoms with Gasteiger partial charge in [-0.05, 0) is 50.1 Å². The zero-order valence-corrected chi connectivity index (χ0v) is 12.3. The van der Waals surface area contributed by atoms with Crippen molar-refractivity contribution in [3.8, 4) is 0 Å². The summed E-state index contributed by atoms with van der Waals surface area (Å²) in [5.74, 6) is 0. The highest BCUT2D eigenvalue weighted by Gasteiger charge is 2.35. The van der Waals surface area contributed by atoms with Gasteiger partial charge in [-0.15, -0.1) is 0 Å². The molecule has 0 aromatic heterocycles. The molecule has 110 valence electrons. The van der Waals surface area contributed by atoms with Crippen LogP contribution in [0.4, 0.5) is 5.69 Å². The molecule has 0 saturated carbocycles. The molecular weight excluding hydrogens is 274 g/mol. The minimum absolute atomic E-state index is 0.161. The lowest BCUT2D eigenvalue weighted by Crippen LogP contribution is -2.41. The molecule has 5 nitrogen and oxygen atoms in total. The number of fused-ring (bicyclic) bond motifs is 1. The molecule has 2 fully saturated rings. The summed E-state index contributed by atoms with van der Waals surface area (Å²) in [7, 11) is -3.60. The number of hydrogen-bond donors (Lipinski definition) is 2. The second-order valence-corrected chi connectivity index (χ2v) is 7.27. The molecule has 0 radical (unpaired) electrons. The Morgan fingerprint density at radius 1 is 1.10 bits per heavy atom. The average Bonchev–Trinajstić information content (AvgIpc) is 2.82. The third kappa shape index (κ3) is 2.82. The van der Waals surface area contributed by atoms with Crippen LogP contribution in [-0.2, 0) is 10.0 Å². The molecule has 0 amide bonds. The Morgan fingerprint density at radius 3 is 2.55 bits per heavy atom. The van der Waals surface area contributed by atoms with Gasteiger partial charge in [0.25, 0.3) is 0 Å². The highest BCUT2D eigenvalue weighted by atomic mass is 32.2. The standard InChI is InChI=1S/C14H21N3O2S/c15-20(18,19)12-6-4-11(5-7-12)16-13-8-10-17-9-2-1-3-14(13)17/h4-7,13-14,16H,1-3,8-10H2,(H2,15,18,19). The van der Waals surface area contributed by atoms with Gasteiger partial charge in [-0.25, -0.2) is 13.6 Å². The van der Waals surface area contributed by atoms with Crippen LogP contribution in [0.15, 0.2) is 29.2 Å². The number of piperidine rings is 1. The smallest absolute Gasteiger partial charge is 0.238 e. The molecule has 0 bridgehead atoms. The van der Waals surface area contributed by atoms with Crippen LogP contribution in [0.25, 0.3) is 0 Å². The third-order valence-corrected chi connectivity index (χ3v) is 5.32. The number of sulfonamides is 1. The number of nitrogens with one attached hydrogen (secondary N) is 1. The van der Waals surface area contributed by atoms with Crippen molar-refractivity contribution in [1.29, 1.82) is 0 Å². The van der Waals surface area contributed by atoms with Crippen molar-refractivity contribution >= 4 is 15.7 Å². The van der Waals surface area contributed by atoms with Crippen molar-refractivity contribution in [2.75, 3.05) is 18.4 Å². The first-order chi connectivity index (χ1) is 9.54. The molecule has 0 spiro atoms. The number of benzene rings is 1. The molecule has 2 saturated heterocycles. The van der Waals surface area contributed by atoms with E-state index in [-0.39, 0.29) is 4.90 Å². The SMILES string of the molecule is NS(=O)(=O)c1ccc(NC2CCN3CCCCC23)cc1. The molecule has 6 heteroatoms. The first kappa shape index (κ1) is 13.9. The van der Waals surface area contributed by atoms with E-state index in [4.69, 9.17) is 5.14 Å². The second-order valence-electron chi connectivity index (χ2n) is 5.71. The first-order valence-corrected chi connectivity index (χ1v) is 8.72. The molecule has 3 rings (SSSR count). The van der Waals surface area contributed by atoms with Gasteiger partial charge < -0.3 is 5.32 Å². The summed E-state index contributed by atoms with van der Waals surface area (Å²) in [4.78, 5) is 2.73. The maximum absolute atomic E-state index is 11.2. The van der Waals surface area contributed by atoms with Crippen LogP contribution in [0, 0.1) is 0 Å². The van der Waals surface area contributed by atoms with Crippen LogP contribution in [0.2, 0.25) is 0 Å². The highest BCUT2D eigenvalue weighted by Crippen LogP contribution is 2.29. The van der Waals surface area contributed by atoms with Crippen LogP contribution in [-0.4, -0.2) is 38.5 Å². The van der Waals surface area contributed by atoms with E-state index in [1.54, 1.807) is 24.3 Å². The van der Waals surface area contributed by atoms with Crippen molar-refractivity contribution < 1.29 is 8.42 Å². The Bertz CT molecular complexity index is 571. The molecule has 3 N–H and O–H groups in total. The molecule has 1 aromatic rings. The normalized spacial score (nSPS) is 27.2. The predicted molar refractivity (Wildman–Crippen MR) is 79.1 cm³/mol. The molecule has 2 unspecified atom stereocenters. The summed E-state index contributed by atoms with van der Waals surface area (Å²) >= 11 is 0. The van der Waals surface area contributed by atoms with Gasteiger partial charge in [0.05, 0.1) is 4.90 Å². The number of rotatable bonds is 3. The Morgan fingerprint density at radius 2 is 1.85 bits per heavy atom. The van der Waals surface area contributed by atoms with Crippen molar-refractivity contribution in [3.63, 3.8) is 0 Å². The monoisotopic (exact) mass is 295 g/mol. The summed E-state index contributed by atoms with van der Waals surface area (Å²) in [6.07, 6.45) is 5.03. The maximum Gasteiger partial charge on any atom is 0.238 e. The Labute approximate surface area is 120 Å². The van der Waals surface area contributed by atoms with Crippen molar-refractivity contribution in [2.45, 2.75) is 42.7 Å². The van der Waals surface area contributed by atoms with Gasteiger partial charge in [-0.1, -0.05) is 6.42 Å². The fourth-order valence-electron chi connectivity index (χ4n) is 3.37. The van der Waals surface area contributed by atoms with E-state index in [2.05, 4.69) is 10.2 Å². The molecule has 2 aliphatic rings. The van der Waals surface area contributed by atoms with E-state index in [1.165, 1.54) is 25.8 Å². The molecule has 2 atom stereocenters. The first-order valence-electron chi connectivity index (χ1n) is 7.17. The van der Waals surface area contributed by atoms with Gasteiger partial charge in [0, 0.05) is 24.3 Å². The summed E-state index contributed by atoms with van der Waals surface area (Å²) in [6.45, 7) is 2.38. The van der Waals surface area contributed by atoms with Crippen molar-refractivity contribution in [2.24, 2.45) is 5.14 Å². The quantitative estimate of drug-likeness (QED) is 0.883. The lowest BCUT2D eigenvalue weighted by molar-refractivity contribution is 0.193. The van der Waals surface area contributed by atoms with E-state index < -0.39 is 10.0 Å². The van der Waals surface area contributed by atoms with E-state index in [9.17, 15) is 8.42 Å². The number of anilines is 1. The lowest BCUT2D eigenvalue weighted by Gasteiger charge is -2.33. The van der Waals surface area contributed by atoms with Crippen molar-refractivity contribution in [3.05, 3.63) is 24.3 Å². The number of nitrogens with two attached hydrogens (primary N) is 1. The Balaban J connectivity index is 1.69. The summed E-state index contributed by atoms with van der Waals surface area (Å²) in [5.41, 5.74) is 0.967. The Kier molecular flexibility index (Phi) is 3.70. The zero-order chi connectivity index (χ0) is 14.2. The third-order valence-electron chi connectivity index (χ3n) is 4.39. The van der Waals surface area contributed by atoms with Crippen LogP contribution < -0.4 is 10.5 Å². The average molecular weight is 295 g/mol. The number of primary sulfonamides is 1. The number of nitrogens with zero attached hydrogens (tertiary/aromatic N) is 1. The van der Waals surface area contributed by atoms with E-state index in [0.717, 1.165) is 18.7 Å². The van der Waals surface area contributed by atoms with E-state index >= 15 is 0 Å². The summed E-state index contributed by atoms with van der Waals surface area (Å²) in [6, 6.07) is 7.81. The van der Waals surface area contributed by atoms with Crippen LogP contribution in [0.1, 0.15) is 25.7 Å². The van der Waals surface area contributed by atoms with Gasteiger partial charge in [0.1, 0.15) is 0 Å². The molecular formula is C14H21N3O2S. The van der Waals surface area contributed by atoms with E-state index in [1.807, 2.05) is 0 Å². The van der Waals surface area contributed by atoms with Gasteiger partial charge in [0.2, 0.25) is 10.0 Å².